The van der Waals surface area contributed by atoms with E-state index in [0.717, 1.165) is 57.8 Å². The third-order valence-corrected chi connectivity index (χ3v) is 12.4. The second kappa shape index (κ2) is 52.5. The first-order valence-electron chi connectivity index (χ1n) is 27.8. The van der Waals surface area contributed by atoms with Crippen LogP contribution in [0, 0.1) is 0 Å². The number of hydrogen-bond acceptors (Lipinski definition) is 6. The minimum absolute atomic E-state index is 0.0701. The maximum Gasteiger partial charge on any atom is 0.306 e. The SMILES string of the molecule is CCCCCC/C=C/CCCCCCCCCC(=O)OC[C@@H](COC(=O)CCCCCCCCCCCCCCCCC)OC(=O)CCCCCCCCC/C=C/CCCCCC. The molecule has 0 aromatic heterocycles. The van der Waals surface area contributed by atoms with Gasteiger partial charge in [-0.25, -0.2) is 0 Å². The lowest BCUT2D eigenvalue weighted by Crippen LogP contribution is -2.30. The summed E-state index contributed by atoms with van der Waals surface area (Å²) in [4.78, 5) is 38.1. The molecule has 0 saturated carbocycles. The molecule has 0 unspecified atom stereocenters. The van der Waals surface area contributed by atoms with Crippen molar-refractivity contribution in [2.45, 2.75) is 309 Å². The number of ether oxygens (including phenoxy) is 3. The van der Waals surface area contributed by atoms with Gasteiger partial charge in [0.15, 0.2) is 6.10 Å². The van der Waals surface area contributed by atoms with Gasteiger partial charge in [0.2, 0.25) is 0 Å². The molecule has 0 radical (unpaired) electrons. The number of rotatable bonds is 51. The number of carbonyl (C=O) groups excluding carboxylic acids is 3. The molecule has 0 aromatic carbocycles. The van der Waals surface area contributed by atoms with Gasteiger partial charge in [-0.15, -0.1) is 0 Å². The van der Waals surface area contributed by atoms with E-state index in [9.17, 15) is 14.4 Å². The second-order valence-corrected chi connectivity index (χ2v) is 18.8. The van der Waals surface area contributed by atoms with Crippen LogP contribution in [-0.4, -0.2) is 37.2 Å². The molecule has 0 bridgehead atoms. The van der Waals surface area contributed by atoms with E-state index >= 15 is 0 Å². The number of esters is 3. The number of allylic oxidation sites excluding steroid dienone is 4. The highest BCUT2D eigenvalue weighted by atomic mass is 16.6. The van der Waals surface area contributed by atoms with Crippen LogP contribution in [0.2, 0.25) is 0 Å². The van der Waals surface area contributed by atoms with Gasteiger partial charge in [0.25, 0.3) is 0 Å². The predicted molar refractivity (Wildman–Crippen MR) is 270 cm³/mol. The molecular formula is C57H106O6. The number of carbonyl (C=O) groups is 3. The maximum atomic E-state index is 12.8. The van der Waals surface area contributed by atoms with E-state index in [1.165, 1.54) is 205 Å². The summed E-state index contributed by atoms with van der Waals surface area (Å²) < 4.78 is 16.9. The van der Waals surface area contributed by atoms with Crippen LogP contribution in [0.5, 0.6) is 0 Å². The van der Waals surface area contributed by atoms with Gasteiger partial charge >= 0.3 is 17.9 Å². The van der Waals surface area contributed by atoms with Crippen LogP contribution in [-0.2, 0) is 28.6 Å². The van der Waals surface area contributed by atoms with Gasteiger partial charge in [0.05, 0.1) is 0 Å². The van der Waals surface area contributed by atoms with Crippen LogP contribution in [0.25, 0.3) is 0 Å². The standard InChI is InChI=1S/C57H106O6/c1-4-7-10-13-16-19-22-25-28-31-34-37-40-43-46-49-55(58)61-52-54(63-57(60)51-48-45-42-39-36-33-30-27-24-21-18-15-12-9-6-3)53-62-56(59)50-47-44-41-38-35-32-29-26-23-20-17-14-11-8-5-2/h19,21-22,24,54H,4-18,20,23,25-53H2,1-3H3/b22-19+,24-21+/t54-/m0/s1. The average Bonchev–Trinajstić information content (AvgIpc) is 3.28. The van der Waals surface area contributed by atoms with E-state index in [-0.39, 0.29) is 31.1 Å². The van der Waals surface area contributed by atoms with E-state index < -0.39 is 6.10 Å². The molecule has 6 nitrogen and oxygen atoms in total. The molecule has 0 aromatic rings. The lowest BCUT2D eigenvalue weighted by Gasteiger charge is -2.18. The molecule has 0 aliphatic carbocycles. The van der Waals surface area contributed by atoms with E-state index in [1.54, 1.807) is 0 Å². The quantitative estimate of drug-likeness (QED) is 0.0262. The highest BCUT2D eigenvalue weighted by Gasteiger charge is 2.19. The minimum Gasteiger partial charge on any atom is -0.462 e. The minimum atomic E-state index is -0.771. The lowest BCUT2D eigenvalue weighted by molar-refractivity contribution is -0.167. The summed E-state index contributed by atoms with van der Waals surface area (Å²) in [5.41, 5.74) is 0. The van der Waals surface area contributed by atoms with Crippen molar-refractivity contribution < 1.29 is 28.6 Å². The van der Waals surface area contributed by atoms with Crippen molar-refractivity contribution in [2.75, 3.05) is 13.2 Å². The monoisotopic (exact) mass is 887 g/mol. The zero-order chi connectivity index (χ0) is 45.8. The summed E-state index contributed by atoms with van der Waals surface area (Å²) in [6, 6.07) is 0. The van der Waals surface area contributed by atoms with Crippen LogP contribution < -0.4 is 0 Å². The van der Waals surface area contributed by atoms with Gasteiger partial charge < -0.3 is 14.2 Å². The molecule has 0 rings (SSSR count). The van der Waals surface area contributed by atoms with Crippen LogP contribution in [0.1, 0.15) is 303 Å². The summed E-state index contributed by atoms with van der Waals surface area (Å²) in [7, 11) is 0. The Morgan fingerprint density at radius 1 is 0.302 bits per heavy atom. The molecule has 370 valence electrons. The number of unbranched alkanes of at least 4 members (excludes halogenated alkanes) is 36. The Labute approximate surface area is 392 Å². The van der Waals surface area contributed by atoms with E-state index in [1.807, 2.05) is 0 Å². The Bertz CT molecular complexity index is 1020. The van der Waals surface area contributed by atoms with Crippen molar-refractivity contribution >= 4 is 17.9 Å². The zero-order valence-corrected chi connectivity index (χ0v) is 42.4. The highest BCUT2D eigenvalue weighted by Crippen LogP contribution is 2.16. The van der Waals surface area contributed by atoms with Gasteiger partial charge in [-0.3, -0.25) is 14.4 Å². The van der Waals surface area contributed by atoms with Crippen molar-refractivity contribution in [3.63, 3.8) is 0 Å². The van der Waals surface area contributed by atoms with Crippen molar-refractivity contribution in [1.82, 2.24) is 0 Å². The zero-order valence-electron chi connectivity index (χ0n) is 42.4. The first-order chi connectivity index (χ1) is 31.0. The van der Waals surface area contributed by atoms with Crippen molar-refractivity contribution in [1.29, 1.82) is 0 Å². The Balaban J connectivity index is 4.35. The fourth-order valence-electron chi connectivity index (χ4n) is 8.20. The molecular weight excluding hydrogens is 781 g/mol. The largest absolute Gasteiger partial charge is 0.462 e. The van der Waals surface area contributed by atoms with Crippen molar-refractivity contribution in [3.8, 4) is 0 Å². The molecule has 1 atom stereocenters. The van der Waals surface area contributed by atoms with E-state index in [4.69, 9.17) is 14.2 Å². The second-order valence-electron chi connectivity index (χ2n) is 18.8. The lowest BCUT2D eigenvalue weighted by atomic mass is 10.0. The number of hydrogen-bond donors (Lipinski definition) is 0. The molecule has 0 amide bonds. The summed E-state index contributed by atoms with van der Waals surface area (Å²) in [6.07, 6.45) is 60.1. The van der Waals surface area contributed by atoms with E-state index in [0.29, 0.717) is 19.3 Å². The molecule has 0 N–H and O–H groups in total. The van der Waals surface area contributed by atoms with Gasteiger partial charge in [0.1, 0.15) is 13.2 Å². The fraction of sp³-hybridized carbons (Fsp3) is 0.877. The molecule has 0 saturated heterocycles. The maximum absolute atomic E-state index is 12.8. The van der Waals surface area contributed by atoms with Crippen molar-refractivity contribution in [2.24, 2.45) is 0 Å². The van der Waals surface area contributed by atoms with E-state index in [2.05, 4.69) is 45.1 Å². The highest BCUT2D eigenvalue weighted by molar-refractivity contribution is 5.71. The summed E-state index contributed by atoms with van der Waals surface area (Å²) >= 11 is 0. The van der Waals surface area contributed by atoms with Crippen LogP contribution in [0.15, 0.2) is 24.3 Å². The third-order valence-electron chi connectivity index (χ3n) is 12.4. The van der Waals surface area contributed by atoms with Crippen LogP contribution >= 0.6 is 0 Å². The van der Waals surface area contributed by atoms with Crippen molar-refractivity contribution in [3.05, 3.63) is 24.3 Å². The molecule has 0 aliphatic rings. The summed E-state index contributed by atoms with van der Waals surface area (Å²) in [6.45, 7) is 6.65. The smallest absolute Gasteiger partial charge is 0.306 e. The molecule has 63 heavy (non-hydrogen) atoms. The topological polar surface area (TPSA) is 78.9 Å². The first-order valence-corrected chi connectivity index (χ1v) is 27.8. The van der Waals surface area contributed by atoms with Gasteiger partial charge in [-0.1, -0.05) is 238 Å². The predicted octanol–water partition coefficient (Wildman–Crippen LogP) is 18.3. The van der Waals surface area contributed by atoms with Crippen LogP contribution in [0.3, 0.4) is 0 Å². The average molecular weight is 887 g/mol. The van der Waals surface area contributed by atoms with Gasteiger partial charge in [-0.05, 0) is 70.6 Å². The summed E-state index contributed by atoms with van der Waals surface area (Å²) in [5, 5.41) is 0. The molecule has 6 heteroatoms. The Kier molecular flexibility index (Phi) is 50.8. The fourth-order valence-corrected chi connectivity index (χ4v) is 8.20. The Hall–Kier alpha value is -2.11. The summed E-state index contributed by atoms with van der Waals surface area (Å²) in [5.74, 6) is -0.862. The Morgan fingerprint density at radius 3 is 0.810 bits per heavy atom. The first kappa shape index (κ1) is 60.9. The molecule has 0 heterocycles. The van der Waals surface area contributed by atoms with Gasteiger partial charge in [0, 0.05) is 19.3 Å². The van der Waals surface area contributed by atoms with Gasteiger partial charge in [-0.2, -0.15) is 0 Å². The molecule has 0 aliphatic heterocycles. The van der Waals surface area contributed by atoms with Crippen LogP contribution in [0.4, 0.5) is 0 Å². The Morgan fingerprint density at radius 2 is 0.524 bits per heavy atom. The normalized spacial score (nSPS) is 12.1. The molecule has 0 fully saturated rings. The molecule has 0 spiro atoms. The third kappa shape index (κ3) is 50.7.